The fourth-order valence-corrected chi connectivity index (χ4v) is 2.68. The molecule has 110 valence electrons. The van der Waals surface area contributed by atoms with Crippen LogP contribution in [-0.4, -0.2) is 34.9 Å². The number of likely N-dealkylation sites (tertiary alicyclic amines) is 1. The summed E-state index contributed by atoms with van der Waals surface area (Å²) in [6, 6.07) is 0.358. The molecule has 0 spiro atoms. The number of aromatic nitrogens is 1. The van der Waals surface area contributed by atoms with Crippen LogP contribution in [-0.2, 0) is 11.3 Å². The first kappa shape index (κ1) is 18.6. The number of carbonyl (C=O) groups excluding carboxylic acids is 1. The lowest BCUT2D eigenvalue weighted by atomic mass is 10.1. The van der Waals surface area contributed by atoms with Gasteiger partial charge in [0.1, 0.15) is 0 Å². The summed E-state index contributed by atoms with van der Waals surface area (Å²) in [6.07, 6.45) is 2.12. The SMILES string of the molecule is CC(=O)Nc1nc(CN2CCC(N)CC2)cs1.Cl.Cl. The Hall–Kier alpha value is -0.400. The Bertz CT molecular complexity index is 394. The van der Waals surface area contributed by atoms with Gasteiger partial charge in [-0.2, -0.15) is 0 Å². The molecule has 1 saturated heterocycles. The fourth-order valence-electron chi connectivity index (χ4n) is 1.93. The van der Waals surface area contributed by atoms with E-state index in [1.54, 1.807) is 0 Å². The van der Waals surface area contributed by atoms with E-state index in [1.807, 2.05) is 5.38 Å². The first-order valence-electron chi connectivity index (χ1n) is 5.83. The first-order chi connectivity index (χ1) is 8.13. The van der Waals surface area contributed by atoms with Crippen molar-refractivity contribution in [1.29, 1.82) is 0 Å². The molecular formula is C11H20Cl2N4OS. The van der Waals surface area contributed by atoms with Gasteiger partial charge in [0, 0.05) is 38.0 Å². The zero-order valence-corrected chi connectivity index (χ0v) is 13.2. The number of hydrogen-bond donors (Lipinski definition) is 2. The van der Waals surface area contributed by atoms with Crippen LogP contribution in [0.15, 0.2) is 5.38 Å². The van der Waals surface area contributed by atoms with Gasteiger partial charge < -0.3 is 11.1 Å². The lowest BCUT2D eigenvalue weighted by molar-refractivity contribution is -0.114. The van der Waals surface area contributed by atoms with Crippen LogP contribution in [0.1, 0.15) is 25.5 Å². The molecule has 1 aliphatic rings. The number of anilines is 1. The largest absolute Gasteiger partial charge is 0.328 e. The number of nitrogens with two attached hydrogens (primary N) is 1. The van der Waals surface area contributed by atoms with Crippen LogP contribution >= 0.6 is 36.2 Å². The van der Waals surface area contributed by atoms with E-state index in [0.29, 0.717) is 11.2 Å². The van der Waals surface area contributed by atoms with E-state index >= 15 is 0 Å². The van der Waals surface area contributed by atoms with E-state index in [4.69, 9.17) is 5.73 Å². The number of halogens is 2. The maximum absolute atomic E-state index is 10.9. The summed E-state index contributed by atoms with van der Waals surface area (Å²) in [4.78, 5) is 17.6. The highest BCUT2D eigenvalue weighted by molar-refractivity contribution is 7.13. The third-order valence-corrected chi connectivity index (χ3v) is 3.66. The molecule has 1 aromatic heterocycles. The van der Waals surface area contributed by atoms with Crippen molar-refractivity contribution < 1.29 is 4.79 Å². The predicted molar refractivity (Wildman–Crippen MR) is 83.4 cm³/mol. The number of hydrogen-bond acceptors (Lipinski definition) is 5. The van der Waals surface area contributed by atoms with Gasteiger partial charge in [-0.1, -0.05) is 0 Å². The maximum Gasteiger partial charge on any atom is 0.223 e. The van der Waals surface area contributed by atoms with Gasteiger partial charge in [-0.3, -0.25) is 9.69 Å². The maximum atomic E-state index is 10.9. The summed E-state index contributed by atoms with van der Waals surface area (Å²) in [6.45, 7) is 4.41. The topological polar surface area (TPSA) is 71.2 Å². The summed E-state index contributed by atoms with van der Waals surface area (Å²) < 4.78 is 0. The highest BCUT2D eigenvalue weighted by Gasteiger charge is 2.17. The first-order valence-corrected chi connectivity index (χ1v) is 6.71. The number of piperidine rings is 1. The van der Waals surface area contributed by atoms with Crippen molar-refractivity contribution in [3.8, 4) is 0 Å². The molecule has 19 heavy (non-hydrogen) atoms. The zero-order chi connectivity index (χ0) is 12.3. The Morgan fingerprint density at radius 2 is 2.16 bits per heavy atom. The molecular weight excluding hydrogens is 307 g/mol. The summed E-state index contributed by atoms with van der Waals surface area (Å²) in [5.41, 5.74) is 6.88. The molecule has 1 aliphatic heterocycles. The molecule has 2 rings (SSSR count). The van der Waals surface area contributed by atoms with E-state index in [2.05, 4.69) is 15.2 Å². The molecule has 0 bridgehead atoms. The van der Waals surface area contributed by atoms with E-state index in [1.165, 1.54) is 18.3 Å². The normalized spacial score (nSPS) is 16.3. The summed E-state index contributed by atoms with van der Waals surface area (Å²) in [5.74, 6) is -0.0742. The molecule has 0 aromatic carbocycles. The fraction of sp³-hybridized carbons (Fsp3) is 0.636. The van der Waals surface area contributed by atoms with Gasteiger partial charge in [0.2, 0.25) is 5.91 Å². The molecule has 1 fully saturated rings. The van der Waals surface area contributed by atoms with Crippen molar-refractivity contribution in [3.05, 3.63) is 11.1 Å². The lowest BCUT2D eigenvalue weighted by Crippen LogP contribution is -2.39. The third kappa shape index (κ3) is 6.05. The Morgan fingerprint density at radius 3 is 2.74 bits per heavy atom. The summed E-state index contributed by atoms with van der Waals surface area (Å²) in [7, 11) is 0. The van der Waals surface area contributed by atoms with Crippen molar-refractivity contribution >= 4 is 47.2 Å². The number of thiazole rings is 1. The van der Waals surface area contributed by atoms with Gasteiger partial charge >= 0.3 is 0 Å². The number of nitrogens with zero attached hydrogens (tertiary/aromatic N) is 2. The predicted octanol–water partition coefficient (Wildman–Crippen LogP) is 1.87. The minimum Gasteiger partial charge on any atom is -0.328 e. The van der Waals surface area contributed by atoms with Crippen LogP contribution in [0, 0.1) is 0 Å². The van der Waals surface area contributed by atoms with E-state index < -0.39 is 0 Å². The molecule has 8 heteroatoms. The van der Waals surface area contributed by atoms with Gasteiger partial charge in [-0.15, -0.1) is 36.2 Å². The lowest BCUT2D eigenvalue weighted by Gasteiger charge is -2.29. The molecule has 0 saturated carbocycles. The van der Waals surface area contributed by atoms with Gasteiger partial charge in [0.05, 0.1) is 5.69 Å². The number of nitrogens with one attached hydrogen (secondary N) is 1. The number of carbonyl (C=O) groups is 1. The second kappa shape index (κ2) is 8.71. The Balaban J connectivity index is 0.00000162. The van der Waals surface area contributed by atoms with Gasteiger partial charge in [-0.25, -0.2) is 4.98 Å². The summed E-state index contributed by atoms with van der Waals surface area (Å²) >= 11 is 1.47. The third-order valence-electron chi connectivity index (χ3n) is 2.85. The van der Waals surface area contributed by atoms with Crippen LogP contribution in [0.2, 0.25) is 0 Å². The number of rotatable bonds is 3. The van der Waals surface area contributed by atoms with E-state index in [0.717, 1.165) is 38.2 Å². The van der Waals surface area contributed by atoms with Crippen molar-refractivity contribution in [2.24, 2.45) is 5.73 Å². The molecule has 5 nitrogen and oxygen atoms in total. The smallest absolute Gasteiger partial charge is 0.223 e. The molecule has 0 unspecified atom stereocenters. The van der Waals surface area contributed by atoms with Crippen molar-refractivity contribution in [3.63, 3.8) is 0 Å². The van der Waals surface area contributed by atoms with Crippen LogP contribution in [0.3, 0.4) is 0 Å². The molecule has 0 atom stereocenters. The van der Waals surface area contributed by atoms with Crippen LogP contribution < -0.4 is 11.1 Å². The molecule has 1 aromatic rings. The van der Waals surface area contributed by atoms with Crippen molar-refractivity contribution in [2.45, 2.75) is 32.4 Å². The molecule has 2 heterocycles. The van der Waals surface area contributed by atoms with Crippen LogP contribution in [0.25, 0.3) is 0 Å². The Labute approximate surface area is 129 Å². The standard InChI is InChI=1S/C11H18N4OS.2ClH/c1-8(16)13-11-14-10(7-17-11)6-15-4-2-9(12)3-5-15;;/h7,9H,2-6,12H2,1H3,(H,13,14,16);2*1H. The van der Waals surface area contributed by atoms with Crippen LogP contribution in [0.4, 0.5) is 5.13 Å². The minimum atomic E-state index is -0.0742. The molecule has 3 N–H and O–H groups in total. The van der Waals surface area contributed by atoms with Gasteiger partial charge in [0.25, 0.3) is 0 Å². The Morgan fingerprint density at radius 1 is 1.53 bits per heavy atom. The molecule has 0 radical (unpaired) electrons. The van der Waals surface area contributed by atoms with Crippen LogP contribution in [0.5, 0.6) is 0 Å². The average molecular weight is 327 g/mol. The Kier molecular flexibility index (Phi) is 8.52. The zero-order valence-electron chi connectivity index (χ0n) is 10.8. The highest BCUT2D eigenvalue weighted by Crippen LogP contribution is 2.18. The second-order valence-corrected chi connectivity index (χ2v) is 5.30. The monoisotopic (exact) mass is 326 g/mol. The molecule has 1 amide bonds. The highest BCUT2D eigenvalue weighted by atomic mass is 35.5. The van der Waals surface area contributed by atoms with Gasteiger partial charge in [0.15, 0.2) is 5.13 Å². The summed E-state index contributed by atoms with van der Waals surface area (Å²) in [5, 5.41) is 5.38. The van der Waals surface area contributed by atoms with Crippen molar-refractivity contribution in [1.82, 2.24) is 9.88 Å². The quantitative estimate of drug-likeness (QED) is 0.889. The van der Waals surface area contributed by atoms with E-state index in [-0.39, 0.29) is 30.7 Å². The second-order valence-electron chi connectivity index (χ2n) is 4.44. The average Bonchev–Trinajstić information content (AvgIpc) is 2.68. The number of amides is 1. The molecule has 0 aliphatic carbocycles. The minimum absolute atomic E-state index is 0. The van der Waals surface area contributed by atoms with E-state index in [9.17, 15) is 4.79 Å². The van der Waals surface area contributed by atoms with Crippen molar-refractivity contribution in [2.75, 3.05) is 18.4 Å². The van der Waals surface area contributed by atoms with Gasteiger partial charge in [-0.05, 0) is 12.8 Å².